The SMILES string of the molecule is CC(=O)N1CCCC1C(=O)N1CCC(=Cc2cccc(F)c2)CC1. The van der Waals surface area contributed by atoms with Crippen LogP contribution in [0, 0.1) is 5.82 Å². The zero-order chi connectivity index (χ0) is 17.1. The Morgan fingerprint density at radius 3 is 2.62 bits per heavy atom. The Balaban J connectivity index is 1.60. The highest BCUT2D eigenvalue weighted by Gasteiger charge is 2.35. The van der Waals surface area contributed by atoms with Crippen LogP contribution in [0.2, 0.25) is 0 Å². The number of rotatable bonds is 2. The molecular formula is C19H23FN2O2. The van der Waals surface area contributed by atoms with Gasteiger partial charge in [0.05, 0.1) is 0 Å². The predicted octanol–water partition coefficient (Wildman–Crippen LogP) is 2.84. The van der Waals surface area contributed by atoms with Gasteiger partial charge in [0.2, 0.25) is 11.8 Å². The topological polar surface area (TPSA) is 40.6 Å². The van der Waals surface area contributed by atoms with Crippen molar-refractivity contribution < 1.29 is 14.0 Å². The van der Waals surface area contributed by atoms with Crippen LogP contribution in [0.3, 0.4) is 0 Å². The van der Waals surface area contributed by atoms with E-state index in [0.29, 0.717) is 19.6 Å². The van der Waals surface area contributed by atoms with Crippen molar-refractivity contribution in [2.24, 2.45) is 0 Å². The summed E-state index contributed by atoms with van der Waals surface area (Å²) in [7, 11) is 0. The first-order valence-corrected chi connectivity index (χ1v) is 8.55. The number of carbonyl (C=O) groups excluding carboxylic acids is 2. The van der Waals surface area contributed by atoms with Crippen LogP contribution in [0.25, 0.3) is 6.08 Å². The molecule has 4 nitrogen and oxygen atoms in total. The number of amides is 2. The molecule has 0 N–H and O–H groups in total. The molecule has 3 rings (SSSR count). The molecule has 128 valence electrons. The molecule has 24 heavy (non-hydrogen) atoms. The van der Waals surface area contributed by atoms with Crippen molar-refractivity contribution >= 4 is 17.9 Å². The third kappa shape index (κ3) is 3.66. The van der Waals surface area contributed by atoms with Gasteiger partial charge in [0.25, 0.3) is 0 Å². The average molecular weight is 330 g/mol. The third-order valence-corrected chi connectivity index (χ3v) is 4.88. The maximum atomic E-state index is 13.2. The molecule has 1 aromatic carbocycles. The van der Waals surface area contributed by atoms with Crippen molar-refractivity contribution in [3.63, 3.8) is 0 Å². The Hall–Kier alpha value is -2.17. The van der Waals surface area contributed by atoms with Gasteiger partial charge in [-0.1, -0.05) is 23.8 Å². The second kappa shape index (κ2) is 7.16. The first-order chi connectivity index (χ1) is 11.5. The minimum absolute atomic E-state index is 0.0189. The van der Waals surface area contributed by atoms with Gasteiger partial charge in [0.1, 0.15) is 11.9 Å². The van der Waals surface area contributed by atoms with Crippen molar-refractivity contribution in [1.82, 2.24) is 9.80 Å². The van der Waals surface area contributed by atoms with Gasteiger partial charge < -0.3 is 9.80 Å². The summed E-state index contributed by atoms with van der Waals surface area (Å²) < 4.78 is 13.2. The fourth-order valence-electron chi connectivity index (χ4n) is 3.60. The number of piperidine rings is 1. The molecule has 2 saturated heterocycles. The Bertz CT molecular complexity index is 661. The first-order valence-electron chi connectivity index (χ1n) is 8.55. The fourth-order valence-corrected chi connectivity index (χ4v) is 3.60. The molecule has 0 saturated carbocycles. The molecule has 1 atom stereocenters. The number of nitrogens with zero attached hydrogens (tertiary/aromatic N) is 2. The molecule has 0 aliphatic carbocycles. The number of likely N-dealkylation sites (tertiary alicyclic amines) is 2. The van der Waals surface area contributed by atoms with Gasteiger partial charge in [-0.05, 0) is 43.4 Å². The molecule has 2 heterocycles. The second-order valence-corrected chi connectivity index (χ2v) is 6.55. The summed E-state index contributed by atoms with van der Waals surface area (Å²) in [5.41, 5.74) is 2.10. The highest BCUT2D eigenvalue weighted by atomic mass is 19.1. The quantitative estimate of drug-likeness (QED) is 0.837. The van der Waals surface area contributed by atoms with Crippen LogP contribution in [-0.4, -0.2) is 47.3 Å². The first kappa shape index (κ1) is 16.7. The van der Waals surface area contributed by atoms with Crippen molar-refractivity contribution in [1.29, 1.82) is 0 Å². The van der Waals surface area contributed by atoms with Crippen LogP contribution >= 0.6 is 0 Å². The van der Waals surface area contributed by atoms with E-state index in [1.807, 2.05) is 17.0 Å². The van der Waals surface area contributed by atoms with Crippen LogP contribution in [0.15, 0.2) is 29.8 Å². The molecule has 1 aromatic rings. The Morgan fingerprint density at radius 2 is 1.96 bits per heavy atom. The summed E-state index contributed by atoms with van der Waals surface area (Å²) in [4.78, 5) is 27.9. The molecule has 0 bridgehead atoms. The number of halogens is 1. The van der Waals surface area contributed by atoms with Crippen molar-refractivity contribution in [3.05, 3.63) is 41.2 Å². The lowest BCUT2D eigenvalue weighted by Crippen LogP contribution is -2.48. The lowest BCUT2D eigenvalue weighted by molar-refractivity contribution is -0.143. The summed E-state index contributed by atoms with van der Waals surface area (Å²) in [6.07, 6.45) is 5.28. The Kier molecular flexibility index (Phi) is 4.97. The van der Waals surface area contributed by atoms with E-state index in [-0.39, 0.29) is 23.7 Å². The normalized spacial score (nSPS) is 21.1. The van der Waals surface area contributed by atoms with Crippen molar-refractivity contribution in [3.8, 4) is 0 Å². The Morgan fingerprint density at radius 1 is 1.21 bits per heavy atom. The summed E-state index contributed by atoms with van der Waals surface area (Å²) in [6.45, 7) is 3.55. The number of benzene rings is 1. The van der Waals surface area contributed by atoms with Crippen LogP contribution in [0.1, 0.15) is 38.2 Å². The van der Waals surface area contributed by atoms with E-state index >= 15 is 0 Å². The lowest BCUT2D eigenvalue weighted by atomic mass is 10.00. The van der Waals surface area contributed by atoms with Gasteiger partial charge in [-0.3, -0.25) is 9.59 Å². The second-order valence-electron chi connectivity index (χ2n) is 6.55. The lowest BCUT2D eigenvalue weighted by Gasteiger charge is -2.33. The largest absolute Gasteiger partial charge is 0.340 e. The molecular weight excluding hydrogens is 307 g/mol. The van der Waals surface area contributed by atoms with Crippen LogP contribution in [-0.2, 0) is 9.59 Å². The molecule has 0 spiro atoms. The van der Waals surface area contributed by atoms with Gasteiger partial charge in [0.15, 0.2) is 0 Å². The molecule has 2 amide bonds. The van der Waals surface area contributed by atoms with E-state index in [0.717, 1.165) is 31.2 Å². The van der Waals surface area contributed by atoms with Crippen LogP contribution in [0.4, 0.5) is 4.39 Å². The van der Waals surface area contributed by atoms with Gasteiger partial charge in [-0.25, -0.2) is 4.39 Å². The summed E-state index contributed by atoms with van der Waals surface area (Å²) in [5, 5.41) is 0. The van der Waals surface area contributed by atoms with Gasteiger partial charge in [0, 0.05) is 26.6 Å². The highest BCUT2D eigenvalue weighted by Crippen LogP contribution is 2.24. The van der Waals surface area contributed by atoms with Gasteiger partial charge in [-0.15, -0.1) is 0 Å². The van der Waals surface area contributed by atoms with Crippen molar-refractivity contribution in [2.75, 3.05) is 19.6 Å². The zero-order valence-electron chi connectivity index (χ0n) is 14.0. The molecule has 0 radical (unpaired) electrons. The molecule has 5 heteroatoms. The molecule has 2 aliphatic rings. The van der Waals surface area contributed by atoms with Gasteiger partial charge >= 0.3 is 0 Å². The zero-order valence-corrected chi connectivity index (χ0v) is 14.0. The van der Waals surface area contributed by atoms with Crippen LogP contribution in [0.5, 0.6) is 0 Å². The summed E-state index contributed by atoms with van der Waals surface area (Å²) in [5.74, 6) is -0.176. The molecule has 2 aliphatic heterocycles. The van der Waals surface area contributed by atoms with E-state index in [1.54, 1.807) is 11.0 Å². The minimum atomic E-state index is -0.281. The van der Waals surface area contributed by atoms with E-state index < -0.39 is 0 Å². The monoisotopic (exact) mass is 330 g/mol. The fraction of sp³-hybridized carbons (Fsp3) is 0.474. The Labute approximate surface area is 141 Å². The number of carbonyl (C=O) groups is 2. The van der Waals surface area contributed by atoms with E-state index in [9.17, 15) is 14.0 Å². The third-order valence-electron chi connectivity index (χ3n) is 4.88. The number of hydrogen-bond acceptors (Lipinski definition) is 2. The maximum absolute atomic E-state index is 13.2. The van der Waals surface area contributed by atoms with E-state index in [1.165, 1.54) is 24.6 Å². The molecule has 2 fully saturated rings. The highest BCUT2D eigenvalue weighted by molar-refractivity contribution is 5.87. The number of hydrogen-bond donors (Lipinski definition) is 0. The molecule has 0 aromatic heterocycles. The summed E-state index contributed by atoms with van der Waals surface area (Å²) in [6, 6.07) is 6.27. The van der Waals surface area contributed by atoms with Crippen molar-refractivity contribution in [2.45, 2.75) is 38.6 Å². The molecule has 1 unspecified atom stereocenters. The maximum Gasteiger partial charge on any atom is 0.245 e. The standard InChI is InChI=1S/C19H23FN2O2/c1-14(23)22-9-3-6-18(22)19(24)21-10-7-15(8-11-21)12-16-4-2-5-17(20)13-16/h2,4-5,12-13,18H,3,6-11H2,1H3. The van der Waals surface area contributed by atoms with E-state index in [4.69, 9.17) is 0 Å². The van der Waals surface area contributed by atoms with Crippen LogP contribution < -0.4 is 0 Å². The minimum Gasteiger partial charge on any atom is -0.340 e. The average Bonchev–Trinajstić information content (AvgIpc) is 3.05. The van der Waals surface area contributed by atoms with E-state index in [2.05, 4.69) is 0 Å². The van der Waals surface area contributed by atoms with Gasteiger partial charge in [-0.2, -0.15) is 0 Å². The predicted molar refractivity (Wildman–Crippen MR) is 90.6 cm³/mol. The smallest absolute Gasteiger partial charge is 0.245 e. The summed E-state index contributed by atoms with van der Waals surface area (Å²) >= 11 is 0.